The topological polar surface area (TPSA) is 67.0 Å². The van der Waals surface area contributed by atoms with Gasteiger partial charge in [0.2, 0.25) is 0 Å². The number of H-pyrrole nitrogens is 1. The molecule has 1 aromatic heterocycles. The van der Waals surface area contributed by atoms with Gasteiger partial charge in [-0.15, -0.1) is 0 Å². The van der Waals surface area contributed by atoms with E-state index in [-0.39, 0.29) is 5.56 Å². The molecule has 0 atom stereocenters. The molecule has 0 fully saturated rings. The summed E-state index contributed by atoms with van der Waals surface area (Å²) in [7, 11) is 0. The molecule has 0 amide bonds. The van der Waals surface area contributed by atoms with Gasteiger partial charge >= 0.3 is 0 Å². The van der Waals surface area contributed by atoms with Crippen molar-refractivity contribution in [2.75, 3.05) is 18.5 Å². The fourth-order valence-corrected chi connectivity index (χ4v) is 1.91. The van der Waals surface area contributed by atoms with E-state index in [0.717, 1.165) is 11.3 Å². The molecule has 2 N–H and O–H groups in total. The fourth-order valence-electron chi connectivity index (χ4n) is 1.55. The number of anilines is 1. The number of ether oxygens (including phenoxy) is 1. The van der Waals surface area contributed by atoms with E-state index in [1.165, 1.54) is 6.33 Å². The summed E-state index contributed by atoms with van der Waals surface area (Å²) in [5.74, 6) is 1.34. The Morgan fingerprint density at radius 3 is 3.11 bits per heavy atom. The van der Waals surface area contributed by atoms with Crippen LogP contribution in [-0.4, -0.2) is 23.1 Å². The first-order valence-corrected chi connectivity index (χ1v) is 6.62. The fraction of sp³-hybridized carbons (Fsp3) is 0.231. The molecule has 0 saturated heterocycles. The van der Waals surface area contributed by atoms with Crippen LogP contribution in [0.1, 0.15) is 5.56 Å². The Morgan fingerprint density at radius 1 is 1.47 bits per heavy atom. The third-order valence-corrected chi connectivity index (χ3v) is 3.19. The predicted octanol–water partition coefficient (Wildman–Crippen LogP) is 2.33. The van der Waals surface area contributed by atoms with Crippen molar-refractivity contribution in [3.63, 3.8) is 0 Å². The lowest BCUT2D eigenvalue weighted by Crippen LogP contribution is -2.16. The molecule has 0 saturated carbocycles. The average molecular weight is 324 g/mol. The van der Waals surface area contributed by atoms with E-state index < -0.39 is 0 Å². The van der Waals surface area contributed by atoms with Gasteiger partial charge in [-0.1, -0.05) is 12.1 Å². The van der Waals surface area contributed by atoms with E-state index in [1.54, 1.807) is 0 Å². The molecule has 0 aliphatic carbocycles. The number of rotatable bonds is 5. The van der Waals surface area contributed by atoms with Crippen molar-refractivity contribution in [3.8, 4) is 5.75 Å². The minimum absolute atomic E-state index is 0.211. The first-order valence-electron chi connectivity index (χ1n) is 5.83. The van der Waals surface area contributed by atoms with Gasteiger partial charge in [0.15, 0.2) is 0 Å². The maximum Gasteiger partial charge on any atom is 0.267 e. The van der Waals surface area contributed by atoms with E-state index in [1.807, 2.05) is 31.2 Å². The summed E-state index contributed by atoms with van der Waals surface area (Å²) < 4.78 is 5.98. The molecule has 2 aromatic rings. The summed E-state index contributed by atoms with van der Waals surface area (Å²) >= 11 is 3.18. The lowest BCUT2D eigenvalue weighted by Gasteiger charge is -2.09. The Kier molecular flexibility index (Phi) is 4.57. The SMILES string of the molecule is Cc1cccc(OCCNc2nc[nH]c(=O)c2Br)c1. The molecule has 5 nitrogen and oxygen atoms in total. The molecule has 0 radical (unpaired) electrons. The van der Waals surface area contributed by atoms with Crippen molar-refractivity contribution in [1.82, 2.24) is 9.97 Å². The Bertz CT molecular complexity index is 613. The lowest BCUT2D eigenvalue weighted by molar-refractivity contribution is 0.332. The number of aryl methyl sites for hydroxylation is 1. The van der Waals surface area contributed by atoms with Crippen molar-refractivity contribution >= 4 is 21.7 Å². The van der Waals surface area contributed by atoms with Crippen LogP contribution in [0.3, 0.4) is 0 Å². The first kappa shape index (κ1) is 13.6. The molecule has 0 aliphatic heterocycles. The smallest absolute Gasteiger partial charge is 0.267 e. The Labute approximate surface area is 119 Å². The van der Waals surface area contributed by atoms with Gasteiger partial charge in [-0.05, 0) is 40.5 Å². The summed E-state index contributed by atoms with van der Waals surface area (Å²) in [4.78, 5) is 17.8. The summed E-state index contributed by atoms with van der Waals surface area (Å²) in [5.41, 5.74) is 0.946. The largest absolute Gasteiger partial charge is 0.492 e. The molecule has 0 unspecified atom stereocenters. The molecule has 19 heavy (non-hydrogen) atoms. The van der Waals surface area contributed by atoms with E-state index in [0.29, 0.717) is 23.4 Å². The Morgan fingerprint density at radius 2 is 2.32 bits per heavy atom. The maximum atomic E-state index is 11.3. The highest BCUT2D eigenvalue weighted by Gasteiger charge is 2.03. The monoisotopic (exact) mass is 323 g/mol. The van der Waals surface area contributed by atoms with Crippen molar-refractivity contribution in [2.24, 2.45) is 0 Å². The molecular weight excluding hydrogens is 310 g/mol. The van der Waals surface area contributed by atoms with Crippen molar-refractivity contribution in [1.29, 1.82) is 0 Å². The van der Waals surface area contributed by atoms with Crippen LogP contribution >= 0.6 is 15.9 Å². The molecule has 0 spiro atoms. The van der Waals surface area contributed by atoms with Gasteiger partial charge in [0.25, 0.3) is 5.56 Å². The summed E-state index contributed by atoms with van der Waals surface area (Å²) in [6.45, 7) is 3.07. The van der Waals surface area contributed by atoms with Gasteiger partial charge in [-0.2, -0.15) is 0 Å². The second-order valence-corrected chi connectivity index (χ2v) is 4.78. The molecule has 1 heterocycles. The standard InChI is InChI=1S/C13H14BrN3O2/c1-9-3-2-4-10(7-9)19-6-5-15-12-11(14)13(18)17-8-16-12/h2-4,7-8H,5-6H2,1H3,(H2,15,16,17,18). The number of aromatic nitrogens is 2. The van der Waals surface area contributed by atoms with Crippen LogP contribution in [0.4, 0.5) is 5.82 Å². The minimum atomic E-state index is -0.211. The maximum absolute atomic E-state index is 11.3. The summed E-state index contributed by atoms with van der Waals surface area (Å²) in [6.07, 6.45) is 1.36. The second kappa shape index (κ2) is 6.38. The van der Waals surface area contributed by atoms with Gasteiger partial charge < -0.3 is 15.0 Å². The molecule has 2 rings (SSSR count). The second-order valence-electron chi connectivity index (χ2n) is 3.99. The zero-order valence-electron chi connectivity index (χ0n) is 10.4. The highest BCUT2D eigenvalue weighted by Crippen LogP contribution is 2.14. The zero-order chi connectivity index (χ0) is 13.7. The van der Waals surface area contributed by atoms with Crippen LogP contribution < -0.4 is 15.6 Å². The van der Waals surface area contributed by atoms with Crippen LogP contribution in [0.2, 0.25) is 0 Å². The normalized spacial score (nSPS) is 10.2. The minimum Gasteiger partial charge on any atom is -0.492 e. The summed E-state index contributed by atoms with van der Waals surface area (Å²) in [5, 5.41) is 3.04. The number of nitrogens with one attached hydrogen (secondary N) is 2. The average Bonchev–Trinajstić information content (AvgIpc) is 2.39. The van der Waals surface area contributed by atoms with Gasteiger partial charge in [0.05, 0.1) is 12.9 Å². The van der Waals surface area contributed by atoms with Crippen LogP contribution in [0.5, 0.6) is 5.75 Å². The van der Waals surface area contributed by atoms with Crippen LogP contribution in [0.15, 0.2) is 39.9 Å². The van der Waals surface area contributed by atoms with E-state index in [4.69, 9.17) is 4.74 Å². The predicted molar refractivity (Wildman–Crippen MR) is 77.7 cm³/mol. The van der Waals surface area contributed by atoms with Gasteiger partial charge in [-0.3, -0.25) is 4.79 Å². The van der Waals surface area contributed by atoms with Crippen LogP contribution in [0, 0.1) is 6.92 Å². The van der Waals surface area contributed by atoms with Gasteiger partial charge in [0, 0.05) is 0 Å². The van der Waals surface area contributed by atoms with E-state index in [2.05, 4.69) is 31.2 Å². The van der Waals surface area contributed by atoms with Crippen LogP contribution in [0.25, 0.3) is 0 Å². The zero-order valence-corrected chi connectivity index (χ0v) is 12.0. The number of nitrogens with zero attached hydrogens (tertiary/aromatic N) is 1. The van der Waals surface area contributed by atoms with Crippen LogP contribution in [-0.2, 0) is 0 Å². The number of hydrogen-bond acceptors (Lipinski definition) is 4. The molecule has 1 aromatic carbocycles. The van der Waals surface area contributed by atoms with Gasteiger partial charge in [0.1, 0.15) is 22.6 Å². The molecule has 0 bridgehead atoms. The molecule has 100 valence electrons. The number of hydrogen-bond donors (Lipinski definition) is 2. The number of aromatic amines is 1. The quantitative estimate of drug-likeness (QED) is 0.829. The summed E-state index contributed by atoms with van der Waals surface area (Å²) in [6, 6.07) is 7.85. The first-order chi connectivity index (χ1) is 9.16. The Balaban J connectivity index is 1.84. The molecule has 6 heteroatoms. The van der Waals surface area contributed by atoms with Crippen molar-refractivity contribution in [2.45, 2.75) is 6.92 Å². The number of benzene rings is 1. The number of halogens is 1. The van der Waals surface area contributed by atoms with Crippen molar-refractivity contribution in [3.05, 3.63) is 51.0 Å². The third-order valence-electron chi connectivity index (χ3n) is 2.45. The molecule has 0 aliphatic rings. The van der Waals surface area contributed by atoms with Crippen molar-refractivity contribution < 1.29 is 4.74 Å². The highest BCUT2D eigenvalue weighted by molar-refractivity contribution is 9.10. The van der Waals surface area contributed by atoms with E-state index in [9.17, 15) is 4.79 Å². The van der Waals surface area contributed by atoms with E-state index >= 15 is 0 Å². The third kappa shape index (κ3) is 3.82. The Hall–Kier alpha value is -1.82. The van der Waals surface area contributed by atoms with Gasteiger partial charge in [-0.25, -0.2) is 4.98 Å². The molecular formula is C13H14BrN3O2. The highest BCUT2D eigenvalue weighted by atomic mass is 79.9. The lowest BCUT2D eigenvalue weighted by atomic mass is 10.2.